The van der Waals surface area contributed by atoms with Gasteiger partial charge in [-0.3, -0.25) is 9.59 Å². The molecule has 0 fully saturated rings. The van der Waals surface area contributed by atoms with Gasteiger partial charge in [0.15, 0.2) is 11.6 Å². The highest BCUT2D eigenvalue weighted by molar-refractivity contribution is 7.99. The molecule has 0 aliphatic heterocycles. The van der Waals surface area contributed by atoms with Crippen molar-refractivity contribution in [3.63, 3.8) is 0 Å². The second-order valence-corrected chi connectivity index (χ2v) is 7.20. The summed E-state index contributed by atoms with van der Waals surface area (Å²) < 4.78 is 21.1. The number of ketones is 1. The van der Waals surface area contributed by atoms with Crippen LogP contribution >= 0.6 is 11.8 Å². The Hall–Kier alpha value is -3.00. The Morgan fingerprint density at radius 1 is 1.21 bits per heavy atom. The minimum absolute atomic E-state index is 0.0742. The molecule has 0 aliphatic carbocycles. The van der Waals surface area contributed by atoms with Crippen molar-refractivity contribution < 1.29 is 18.7 Å². The molecule has 29 heavy (non-hydrogen) atoms. The standard InChI is InChI=1S/C21H19FN2O4S/c1-4-24-19-14(11-15(22)17(23-19)12(3)25)18(26)16(21(27)28-5-2)20(24)29-13-9-7-6-8-10-13/h6-11H,4-5H2,1-3H3. The maximum atomic E-state index is 14.4. The van der Waals surface area contributed by atoms with Gasteiger partial charge >= 0.3 is 5.97 Å². The molecule has 2 heterocycles. The van der Waals surface area contributed by atoms with Gasteiger partial charge in [-0.15, -0.1) is 0 Å². The van der Waals surface area contributed by atoms with Crippen molar-refractivity contribution in [2.45, 2.75) is 37.2 Å². The number of pyridine rings is 2. The third-order valence-corrected chi connectivity index (χ3v) is 5.35. The van der Waals surface area contributed by atoms with Gasteiger partial charge in [-0.05, 0) is 32.0 Å². The van der Waals surface area contributed by atoms with Crippen molar-refractivity contribution in [2.75, 3.05) is 6.61 Å². The number of rotatable bonds is 6. The first-order valence-electron chi connectivity index (χ1n) is 9.07. The van der Waals surface area contributed by atoms with Crippen LogP contribution in [0.5, 0.6) is 0 Å². The highest BCUT2D eigenvalue weighted by Gasteiger charge is 2.26. The topological polar surface area (TPSA) is 78.3 Å². The molecule has 0 N–H and O–H groups in total. The van der Waals surface area contributed by atoms with Crippen LogP contribution in [0, 0.1) is 5.82 Å². The Morgan fingerprint density at radius 3 is 2.48 bits per heavy atom. The van der Waals surface area contributed by atoms with Crippen LogP contribution in [-0.4, -0.2) is 27.9 Å². The number of nitrogens with zero attached hydrogens (tertiary/aromatic N) is 2. The van der Waals surface area contributed by atoms with Crippen molar-refractivity contribution in [3.8, 4) is 0 Å². The predicted molar refractivity (Wildman–Crippen MR) is 108 cm³/mol. The number of Topliss-reactive ketones (excluding diaryl/α,β-unsaturated/α-hetero) is 1. The van der Waals surface area contributed by atoms with E-state index in [1.165, 1.54) is 18.7 Å². The Kier molecular flexibility index (Phi) is 6.12. The molecule has 0 unspecified atom stereocenters. The second kappa shape index (κ2) is 8.57. The molecular formula is C21H19FN2O4S. The fraction of sp³-hybridized carbons (Fsp3) is 0.238. The number of aromatic nitrogens is 2. The van der Waals surface area contributed by atoms with Crippen LogP contribution < -0.4 is 5.43 Å². The summed E-state index contributed by atoms with van der Waals surface area (Å²) in [6, 6.07) is 10.2. The van der Waals surface area contributed by atoms with E-state index < -0.39 is 23.0 Å². The number of carbonyl (C=O) groups excluding carboxylic acids is 2. The Labute approximate surface area is 170 Å². The summed E-state index contributed by atoms with van der Waals surface area (Å²) in [5.41, 5.74) is -1.05. The van der Waals surface area contributed by atoms with E-state index in [2.05, 4.69) is 4.98 Å². The second-order valence-electron chi connectivity index (χ2n) is 6.14. The van der Waals surface area contributed by atoms with Gasteiger partial charge < -0.3 is 9.30 Å². The van der Waals surface area contributed by atoms with Gasteiger partial charge in [0.25, 0.3) is 0 Å². The van der Waals surface area contributed by atoms with E-state index in [4.69, 9.17) is 4.74 Å². The van der Waals surface area contributed by atoms with E-state index in [0.29, 0.717) is 11.6 Å². The summed E-state index contributed by atoms with van der Waals surface area (Å²) in [6.45, 7) is 5.09. The molecule has 0 radical (unpaired) electrons. The fourth-order valence-electron chi connectivity index (χ4n) is 2.94. The quantitative estimate of drug-likeness (QED) is 0.447. The Bertz CT molecular complexity index is 1160. The van der Waals surface area contributed by atoms with E-state index in [1.807, 2.05) is 37.3 Å². The number of halogens is 1. The lowest BCUT2D eigenvalue weighted by molar-refractivity contribution is 0.0519. The molecule has 3 aromatic rings. The van der Waals surface area contributed by atoms with Gasteiger partial charge in [0, 0.05) is 18.4 Å². The Balaban J connectivity index is 2.41. The van der Waals surface area contributed by atoms with Gasteiger partial charge in [-0.1, -0.05) is 30.0 Å². The van der Waals surface area contributed by atoms with Crippen molar-refractivity contribution in [1.29, 1.82) is 0 Å². The van der Waals surface area contributed by atoms with Gasteiger partial charge in [-0.2, -0.15) is 0 Å². The summed E-state index contributed by atoms with van der Waals surface area (Å²) >= 11 is 1.21. The molecule has 0 bridgehead atoms. The number of hydrogen-bond donors (Lipinski definition) is 0. The number of ether oxygens (including phenoxy) is 1. The Morgan fingerprint density at radius 2 is 1.90 bits per heavy atom. The SMILES string of the molecule is CCOC(=O)c1c(Sc2ccccc2)n(CC)c2nc(C(C)=O)c(F)cc2c1=O. The molecule has 6 nitrogen and oxygen atoms in total. The number of aryl methyl sites for hydroxylation is 1. The van der Waals surface area contributed by atoms with Crippen LogP contribution in [0.25, 0.3) is 11.0 Å². The predicted octanol–water partition coefficient (Wildman–Crippen LogP) is 4.09. The largest absolute Gasteiger partial charge is 0.462 e. The summed E-state index contributed by atoms with van der Waals surface area (Å²) in [4.78, 5) is 42.5. The van der Waals surface area contributed by atoms with Crippen LogP contribution in [0.4, 0.5) is 4.39 Å². The lowest BCUT2D eigenvalue weighted by Crippen LogP contribution is -2.25. The van der Waals surface area contributed by atoms with E-state index in [9.17, 15) is 18.8 Å². The van der Waals surface area contributed by atoms with E-state index in [0.717, 1.165) is 11.0 Å². The van der Waals surface area contributed by atoms with Crippen LogP contribution in [0.3, 0.4) is 0 Å². The molecule has 8 heteroatoms. The number of benzene rings is 1. The molecule has 2 aromatic heterocycles. The first kappa shape index (κ1) is 20.7. The van der Waals surface area contributed by atoms with Crippen molar-refractivity contribution in [1.82, 2.24) is 9.55 Å². The summed E-state index contributed by atoms with van der Waals surface area (Å²) in [6.07, 6.45) is 0. The normalized spacial score (nSPS) is 10.9. The maximum Gasteiger partial charge on any atom is 0.344 e. The summed E-state index contributed by atoms with van der Waals surface area (Å²) in [5, 5.41) is 0.262. The van der Waals surface area contributed by atoms with Gasteiger partial charge in [0.05, 0.1) is 17.0 Å². The third-order valence-electron chi connectivity index (χ3n) is 4.23. The minimum Gasteiger partial charge on any atom is -0.462 e. The molecule has 0 aliphatic rings. The van der Waals surface area contributed by atoms with Crippen LogP contribution in [-0.2, 0) is 11.3 Å². The number of carbonyl (C=O) groups is 2. The van der Waals surface area contributed by atoms with Crippen molar-refractivity contribution in [2.24, 2.45) is 0 Å². The highest BCUT2D eigenvalue weighted by atomic mass is 32.2. The molecule has 0 amide bonds. The van der Waals surface area contributed by atoms with E-state index in [-0.39, 0.29) is 28.9 Å². The van der Waals surface area contributed by atoms with Crippen molar-refractivity contribution >= 4 is 34.5 Å². The third kappa shape index (κ3) is 3.93. The van der Waals surface area contributed by atoms with Gasteiger partial charge in [-0.25, -0.2) is 14.2 Å². The van der Waals surface area contributed by atoms with Gasteiger partial charge in [0.2, 0.25) is 5.43 Å². The van der Waals surface area contributed by atoms with Crippen molar-refractivity contribution in [3.05, 3.63) is 63.7 Å². The molecule has 3 rings (SSSR count). The summed E-state index contributed by atoms with van der Waals surface area (Å²) in [5.74, 6) is -2.23. The number of esters is 1. The van der Waals surface area contributed by atoms with Gasteiger partial charge in [0.1, 0.15) is 16.9 Å². The average Bonchev–Trinajstić information content (AvgIpc) is 2.69. The smallest absolute Gasteiger partial charge is 0.344 e. The molecule has 0 spiro atoms. The van der Waals surface area contributed by atoms with Crippen LogP contribution in [0.2, 0.25) is 0 Å². The van der Waals surface area contributed by atoms with E-state index in [1.54, 1.807) is 11.5 Å². The molecule has 1 aromatic carbocycles. The molecule has 0 atom stereocenters. The fourth-order valence-corrected chi connectivity index (χ4v) is 4.07. The number of hydrogen-bond acceptors (Lipinski definition) is 6. The highest BCUT2D eigenvalue weighted by Crippen LogP contribution is 2.32. The lowest BCUT2D eigenvalue weighted by atomic mass is 10.1. The maximum absolute atomic E-state index is 14.4. The van der Waals surface area contributed by atoms with Crippen LogP contribution in [0.1, 0.15) is 41.6 Å². The molecule has 150 valence electrons. The first-order chi connectivity index (χ1) is 13.9. The first-order valence-corrected chi connectivity index (χ1v) is 9.88. The minimum atomic E-state index is -0.900. The number of fused-ring (bicyclic) bond motifs is 1. The van der Waals surface area contributed by atoms with E-state index >= 15 is 0 Å². The van der Waals surface area contributed by atoms with Crippen LogP contribution in [0.15, 0.2) is 51.1 Å². The molecule has 0 saturated heterocycles. The lowest BCUT2D eigenvalue weighted by Gasteiger charge is -2.18. The molecule has 0 saturated carbocycles. The zero-order chi connectivity index (χ0) is 21.1. The average molecular weight is 414 g/mol. The monoisotopic (exact) mass is 414 g/mol. The zero-order valence-corrected chi connectivity index (χ0v) is 17.0. The molecular weight excluding hydrogens is 395 g/mol. The zero-order valence-electron chi connectivity index (χ0n) is 16.2. The summed E-state index contributed by atoms with van der Waals surface area (Å²) in [7, 11) is 0.